The minimum atomic E-state index is -0.568. The Bertz CT molecular complexity index is 1110. The maximum atomic E-state index is 12.3. The topological polar surface area (TPSA) is 99.3 Å². The van der Waals surface area contributed by atoms with Crippen molar-refractivity contribution in [2.75, 3.05) is 5.32 Å². The number of aryl methyl sites for hydroxylation is 3. The van der Waals surface area contributed by atoms with E-state index >= 15 is 0 Å². The van der Waals surface area contributed by atoms with E-state index in [2.05, 4.69) is 10.4 Å². The number of rotatable bonds is 7. The maximum absolute atomic E-state index is 12.3. The van der Waals surface area contributed by atoms with Gasteiger partial charge >= 0.3 is 0 Å². The highest BCUT2D eigenvalue weighted by atomic mass is 35.5. The van der Waals surface area contributed by atoms with Crippen molar-refractivity contribution in [2.45, 2.75) is 26.8 Å². The number of nitrogens with zero attached hydrogens (tertiary/aromatic N) is 3. The molecule has 1 amide bonds. The second-order valence-electron chi connectivity index (χ2n) is 6.60. The summed E-state index contributed by atoms with van der Waals surface area (Å²) in [6, 6.07) is 10.5. The zero-order valence-electron chi connectivity index (χ0n) is 16.2. The highest BCUT2D eigenvalue weighted by molar-refractivity contribution is 6.35. The largest absolute Gasteiger partial charge is 0.455 e. The molecule has 1 heterocycles. The second-order valence-corrected chi connectivity index (χ2v) is 7.44. The first-order valence-corrected chi connectivity index (χ1v) is 9.70. The van der Waals surface area contributed by atoms with Gasteiger partial charge in [-0.15, -0.1) is 0 Å². The maximum Gasteiger partial charge on any atom is 0.275 e. The molecule has 0 atom stereocenters. The molecule has 0 saturated heterocycles. The minimum absolute atomic E-state index is 0.155. The van der Waals surface area contributed by atoms with Crippen molar-refractivity contribution in [2.24, 2.45) is 0 Å². The van der Waals surface area contributed by atoms with Gasteiger partial charge in [-0.1, -0.05) is 23.2 Å². The number of nitro groups is 1. The molecule has 0 unspecified atom stereocenters. The van der Waals surface area contributed by atoms with Crippen LogP contribution >= 0.6 is 23.2 Å². The van der Waals surface area contributed by atoms with Crippen molar-refractivity contribution < 1.29 is 14.5 Å². The number of nitro benzene ring substituents is 1. The first kappa shape index (κ1) is 21.6. The van der Waals surface area contributed by atoms with Crippen molar-refractivity contribution >= 4 is 40.5 Å². The van der Waals surface area contributed by atoms with E-state index in [0.717, 1.165) is 11.4 Å². The number of nitrogens with one attached hydrogen (secondary N) is 1. The highest BCUT2D eigenvalue weighted by Crippen LogP contribution is 2.34. The van der Waals surface area contributed by atoms with Gasteiger partial charge in [0.05, 0.1) is 27.4 Å². The standard InChI is InChI=1S/C20H18Cl2N4O4/c1-12-7-13(2)25(24-12)6-5-20(27)23-15-9-16(26(28)29)11-17(10-15)30-19-4-3-14(21)8-18(19)22/h3-4,7-11H,5-6H2,1-2H3,(H,23,27). The number of hydrogen-bond donors (Lipinski definition) is 1. The number of ether oxygens (including phenoxy) is 1. The minimum Gasteiger partial charge on any atom is -0.455 e. The summed E-state index contributed by atoms with van der Waals surface area (Å²) in [4.78, 5) is 23.1. The first-order valence-electron chi connectivity index (χ1n) is 8.94. The number of hydrogen-bond acceptors (Lipinski definition) is 5. The van der Waals surface area contributed by atoms with E-state index < -0.39 is 4.92 Å². The van der Waals surface area contributed by atoms with Crippen LogP contribution in [0.5, 0.6) is 11.5 Å². The van der Waals surface area contributed by atoms with Crippen molar-refractivity contribution in [3.63, 3.8) is 0 Å². The lowest BCUT2D eigenvalue weighted by Gasteiger charge is -2.11. The fraction of sp³-hybridized carbons (Fsp3) is 0.200. The molecule has 10 heteroatoms. The summed E-state index contributed by atoms with van der Waals surface area (Å²) in [5.74, 6) is 0.129. The van der Waals surface area contributed by atoms with E-state index in [1.807, 2.05) is 19.9 Å². The number of carbonyl (C=O) groups excluding carboxylic acids is 1. The molecule has 30 heavy (non-hydrogen) atoms. The molecule has 0 aliphatic rings. The molecule has 0 fully saturated rings. The SMILES string of the molecule is Cc1cc(C)n(CCC(=O)Nc2cc(Oc3ccc(Cl)cc3Cl)cc([N+](=O)[O-])c2)n1. The van der Waals surface area contributed by atoms with Crippen molar-refractivity contribution in [1.82, 2.24) is 9.78 Å². The summed E-state index contributed by atoms with van der Waals surface area (Å²) in [6.07, 6.45) is 0.157. The smallest absolute Gasteiger partial charge is 0.275 e. The van der Waals surface area contributed by atoms with Crippen LogP contribution in [-0.4, -0.2) is 20.6 Å². The predicted octanol–water partition coefficient (Wildman–Crippen LogP) is 5.54. The van der Waals surface area contributed by atoms with Gasteiger partial charge in [0.2, 0.25) is 5.91 Å². The summed E-state index contributed by atoms with van der Waals surface area (Å²) in [6.45, 7) is 4.18. The quantitative estimate of drug-likeness (QED) is 0.377. The van der Waals surface area contributed by atoms with Crippen molar-refractivity contribution in [3.8, 4) is 11.5 Å². The Kier molecular flexibility index (Phi) is 6.59. The Morgan fingerprint density at radius 3 is 2.60 bits per heavy atom. The lowest BCUT2D eigenvalue weighted by atomic mass is 10.2. The van der Waals surface area contributed by atoms with Gasteiger partial charge in [0, 0.05) is 35.8 Å². The van der Waals surface area contributed by atoms with Gasteiger partial charge in [0.25, 0.3) is 5.69 Å². The Balaban J connectivity index is 1.75. The number of halogens is 2. The van der Waals surface area contributed by atoms with Crippen molar-refractivity contribution in [1.29, 1.82) is 0 Å². The van der Waals surface area contributed by atoms with Crippen LogP contribution in [0, 0.1) is 24.0 Å². The molecule has 156 valence electrons. The first-order chi connectivity index (χ1) is 14.2. The molecule has 3 aromatic rings. The third-order valence-corrected chi connectivity index (χ3v) is 4.69. The highest BCUT2D eigenvalue weighted by Gasteiger charge is 2.14. The molecular formula is C20H18Cl2N4O4. The van der Waals surface area contributed by atoms with Crippen LogP contribution in [0.1, 0.15) is 17.8 Å². The normalized spacial score (nSPS) is 10.7. The molecule has 0 bridgehead atoms. The summed E-state index contributed by atoms with van der Waals surface area (Å²) < 4.78 is 7.40. The van der Waals surface area contributed by atoms with E-state index in [1.165, 1.54) is 24.3 Å². The molecule has 8 nitrogen and oxygen atoms in total. The second kappa shape index (κ2) is 9.15. The van der Waals surface area contributed by atoms with Crippen molar-refractivity contribution in [3.05, 3.63) is 74.0 Å². The number of amides is 1. The lowest BCUT2D eigenvalue weighted by molar-refractivity contribution is -0.384. The van der Waals surface area contributed by atoms with Gasteiger partial charge in [-0.05, 0) is 38.1 Å². The Morgan fingerprint density at radius 1 is 1.20 bits per heavy atom. The predicted molar refractivity (Wildman–Crippen MR) is 115 cm³/mol. The fourth-order valence-electron chi connectivity index (χ4n) is 2.84. The van der Waals surface area contributed by atoms with Gasteiger partial charge < -0.3 is 10.1 Å². The van der Waals surface area contributed by atoms with Crippen LogP contribution in [-0.2, 0) is 11.3 Å². The molecule has 0 radical (unpaired) electrons. The number of anilines is 1. The van der Waals surface area contributed by atoms with Crippen LogP contribution in [0.3, 0.4) is 0 Å². The third kappa shape index (κ3) is 5.49. The molecular weight excluding hydrogens is 431 g/mol. The molecule has 0 aliphatic heterocycles. The molecule has 2 aromatic carbocycles. The lowest BCUT2D eigenvalue weighted by Crippen LogP contribution is -2.15. The molecule has 3 rings (SSSR count). The Morgan fingerprint density at radius 2 is 1.97 bits per heavy atom. The van der Waals surface area contributed by atoms with Crippen LogP contribution in [0.15, 0.2) is 42.5 Å². The molecule has 1 N–H and O–H groups in total. The molecule has 0 saturated carbocycles. The number of non-ortho nitro benzene ring substituents is 1. The van der Waals surface area contributed by atoms with E-state index in [9.17, 15) is 14.9 Å². The summed E-state index contributed by atoms with van der Waals surface area (Å²) in [5.41, 5.74) is 1.83. The van der Waals surface area contributed by atoms with Gasteiger partial charge in [-0.25, -0.2) is 0 Å². The van der Waals surface area contributed by atoms with Gasteiger partial charge in [0.1, 0.15) is 11.5 Å². The van der Waals surface area contributed by atoms with Crippen LogP contribution < -0.4 is 10.1 Å². The Labute approximate surface area is 182 Å². The Hall–Kier alpha value is -3.10. The third-order valence-electron chi connectivity index (χ3n) is 4.16. The zero-order chi connectivity index (χ0) is 21.8. The monoisotopic (exact) mass is 448 g/mol. The summed E-state index contributed by atoms with van der Waals surface area (Å²) in [7, 11) is 0. The number of aromatic nitrogens is 2. The molecule has 1 aromatic heterocycles. The van der Waals surface area contributed by atoms with Gasteiger partial charge in [0.15, 0.2) is 0 Å². The fourth-order valence-corrected chi connectivity index (χ4v) is 3.28. The number of benzene rings is 2. The summed E-state index contributed by atoms with van der Waals surface area (Å²) >= 11 is 12.0. The number of carbonyl (C=O) groups is 1. The average Bonchev–Trinajstić information content (AvgIpc) is 2.99. The van der Waals surface area contributed by atoms with Crippen LogP contribution in [0.4, 0.5) is 11.4 Å². The summed E-state index contributed by atoms with van der Waals surface area (Å²) in [5, 5.41) is 18.9. The van der Waals surface area contributed by atoms with E-state index in [-0.39, 0.29) is 40.2 Å². The van der Waals surface area contributed by atoms with E-state index in [4.69, 9.17) is 27.9 Å². The van der Waals surface area contributed by atoms with E-state index in [0.29, 0.717) is 11.6 Å². The van der Waals surface area contributed by atoms with Crippen LogP contribution in [0.2, 0.25) is 10.0 Å². The van der Waals surface area contributed by atoms with Crippen LogP contribution in [0.25, 0.3) is 0 Å². The van der Waals surface area contributed by atoms with Gasteiger partial charge in [-0.3, -0.25) is 19.6 Å². The van der Waals surface area contributed by atoms with E-state index in [1.54, 1.807) is 16.8 Å². The average molecular weight is 449 g/mol. The van der Waals surface area contributed by atoms with Gasteiger partial charge in [-0.2, -0.15) is 5.10 Å². The zero-order valence-corrected chi connectivity index (χ0v) is 17.7. The molecule has 0 spiro atoms. The molecule has 0 aliphatic carbocycles.